The minimum Gasteiger partial charge on any atom is -0.444 e. The number of amides is 1. The number of alkyl carbamates (subject to hydrolysis) is 1. The summed E-state index contributed by atoms with van der Waals surface area (Å²) in [5, 5.41) is 6.32. The molecule has 1 atom stereocenters. The third kappa shape index (κ3) is 5.30. The molecule has 2 rings (SSSR count). The third-order valence-electron chi connectivity index (χ3n) is 3.61. The van der Waals surface area contributed by atoms with E-state index in [2.05, 4.69) is 21.7 Å². The smallest absolute Gasteiger partial charge is 0.407 e. The second-order valence-corrected chi connectivity index (χ2v) is 6.73. The van der Waals surface area contributed by atoms with Crippen LogP contribution in [0.3, 0.4) is 0 Å². The highest BCUT2D eigenvalue weighted by molar-refractivity contribution is 5.67. The first-order chi connectivity index (χ1) is 10.5. The van der Waals surface area contributed by atoms with Crippen LogP contribution in [0.5, 0.6) is 0 Å². The first-order valence-corrected chi connectivity index (χ1v) is 8.10. The van der Waals surface area contributed by atoms with E-state index in [0.29, 0.717) is 12.6 Å². The van der Waals surface area contributed by atoms with Crippen molar-refractivity contribution < 1.29 is 9.53 Å². The van der Waals surface area contributed by atoms with Crippen LogP contribution in [0.1, 0.15) is 57.3 Å². The van der Waals surface area contributed by atoms with Gasteiger partial charge in [0.15, 0.2) is 0 Å². The van der Waals surface area contributed by atoms with E-state index >= 15 is 0 Å². The lowest BCUT2D eigenvalue weighted by Crippen LogP contribution is -2.34. The summed E-state index contributed by atoms with van der Waals surface area (Å²) in [6, 6.07) is 4.51. The number of nitrogens with zero attached hydrogens (tertiary/aromatic N) is 1. The van der Waals surface area contributed by atoms with Crippen LogP contribution in [0.25, 0.3) is 0 Å². The maximum Gasteiger partial charge on any atom is 0.407 e. The van der Waals surface area contributed by atoms with Crippen LogP contribution in [0.4, 0.5) is 4.79 Å². The van der Waals surface area contributed by atoms with Gasteiger partial charge in [0.2, 0.25) is 0 Å². The summed E-state index contributed by atoms with van der Waals surface area (Å²) in [6.07, 6.45) is 5.84. The lowest BCUT2D eigenvalue weighted by atomic mass is 9.92. The Hall–Kier alpha value is -1.62. The van der Waals surface area contributed by atoms with E-state index in [9.17, 15) is 4.79 Å². The maximum atomic E-state index is 11.5. The number of fused-ring (bicyclic) bond motifs is 1. The number of aromatic nitrogens is 1. The molecule has 1 unspecified atom stereocenters. The van der Waals surface area contributed by atoms with Crippen molar-refractivity contribution in [2.24, 2.45) is 0 Å². The van der Waals surface area contributed by atoms with Crippen LogP contribution in [0.15, 0.2) is 18.3 Å². The summed E-state index contributed by atoms with van der Waals surface area (Å²) in [5.74, 6) is 0. The zero-order valence-corrected chi connectivity index (χ0v) is 13.8. The van der Waals surface area contributed by atoms with Crippen molar-refractivity contribution in [3.8, 4) is 0 Å². The molecule has 2 N–H and O–H groups in total. The largest absolute Gasteiger partial charge is 0.444 e. The Kier molecular flexibility index (Phi) is 5.77. The van der Waals surface area contributed by atoms with Gasteiger partial charge in [-0.05, 0) is 64.6 Å². The summed E-state index contributed by atoms with van der Waals surface area (Å²) in [6.45, 7) is 7.06. The molecule has 0 fully saturated rings. The molecule has 0 saturated carbocycles. The predicted molar refractivity (Wildman–Crippen MR) is 86.8 cm³/mol. The van der Waals surface area contributed by atoms with Crippen molar-refractivity contribution >= 4 is 6.09 Å². The van der Waals surface area contributed by atoms with Gasteiger partial charge in [-0.3, -0.25) is 4.98 Å². The third-order valence-corrected chi connectivity index (χ3v) is 3.61. The first kappa shape index (κ1) is 16.7. The highest BCUT2D eigenvalue weighted by Gasteiger charge is 2.20. The summed E-state index contributed by atoms with van der Waals surface area (Å²) in [5.41, 5.74) is 2.10. The quantitative estimate of drug-likeness (QED) is 0.821. The van der Waals surface area contributed by atoms with E-state index in [0.717, 1.165) is 25.8 Å². The van der Waals surface area contributed by atoms with Gasteiger partial charge in [0.1, 0.15) is 5.60 Å². The van der Waals surface area contributed by atoms with Crippen molar-refractivity contribution in [3.63, 3.8) is 0 Å². The van der Waals surface area contributed by atoms with E-state index < -0.39 is 5.60 Å². The van der Waals surface area contributed by atoms with Crippen molar-refractivity contribution in [1.82, 2.24) is 15.6 Å². The molecule has 1 heterocycles. The number of ether oxygens (including phenoxy) is 1. The second-order valence-electron chi connectivity index (χ2n) is 6.73. The van der Waals surface area contributed by atoms with E-state index in [1.54, 1.807) is 0 Å². The van der Waals surface area contributed by atoms with Gasteiger partial charge in [-0.1, -0.05) is 6.07 Å². The molecule has 122 valence electrons. The number of aryl methyl sites for hydroxylation is 1. The molecule has 5 heteroatoms. The van der Waals surface area contributed by atoms with Crippen molar-refractivity contribution in [3.05, 3.63) is 29.6 Å². The molecule has 0 radical (unpaired) electrons. The van der Waals surface area contributed by atoms with Gasteiger partial charge >= 0.3 is 6.09 Å². The Balaban J connectivity index is 1.67. The SMILES string of the molecule is CC(C)(C)OC(=O)NCCCNC1CCCc2cccnc21. The van der Waals surface area contributed by atoms with E-state index in [1.165, 1.54) is 17.7 Å². The minimum atomic E-state index is -0.445. The Morgan fingerprint density at radius 1 is 1.41 bits per heavy atom. The Bertz CT molecular complexity index is 497. The normalized spacial score (nSPS) is 17.7. The molecule has 22 heavy (non-hydrogen) atoms. The number of carbonyl (C=O) groups is 1. The topological polar surface area (TPSA) is 63.2 Å². The molecule has 1 amide bonds. The highest BCUT2D eigenvalue weighted by atomic mass is 16.6. The molecule has 0 aromatic carbocycles. The van der Waals surface area contributed by atoms with Gasteiger partial charge in [-0.15, -0.1) is 0 Å². The fourth-order valence-corrected chi connectivity index (χ4v) is 2.68. The highest BCUT2D eigenvalue weighted by Crippen LogP contribution is 2.27. The predicted octanol–water partition coefficient (Wildman–Crippen LogP) is 2.96. The Morgan fingerprint density at radius 2 is 2.23 bits per heavy atom. The van der Waals surface area contributed by atoms with Crippen LogP contribution in [-0.4, -0.2) is 29.8 Å². The molecule has 0 spiro atoms. The summed E-state index contributed by atoms with van der Waals surface area (Å²) < 4.78 is 5.20. The van der Waals surface area contributed by atoms with Gasteiger partial charge < -0.3 is 15.4 Å². The zero-order valence-electron chi connectivity index (χ0n) is 13.8. The lowest BCUT2D eigenvalue weighted by Gasteiger charge is -2.25. The van der Waals surface area contributed by atoms with Crippen LogP contribution in [0.2, 0.25) is 0 Å². The summed E-state index contributed by atoms with van der Waals surface area (Å²) >= 11 is 0. The molecule has 5 nitrogen and oxygen atoms in total. The molecule has 1 aliphatic rings. The number of nitrogens with one attached hydrogen (secondary N) is 2. The lowest BCUT2D eigenvalue weighted by molar-refractivity contribution is 0.0527. The van der Waals surface area contributed by atoms with E-state index in [1.807, 2.05) is 33.0 Å². The van der Waals surface area contributed by atoms with E-state index in [-0.39, 0.29) is 6.09 Å². The Labute approximate surface area is 132 Å². The van der Waals surface area contributed by atoms with E-state index in [4.69, 9.17) is 4.74 Å². The molecule has 1 aliphatic carbocycles. The summed E-state index contributed by atoms with van der Waals surface area (Å²) in [4.78, 5) is 16.0. The fraction of sp³-hybridized carbons (Fsp3) is 0.647. The van der Waals surface area contributed by atoms with Gasteiger partial charge in [0.25, 0.3) is 0 Å². The van der Waals surface area contributed by atoms with Gasteiger partial charge in [-0.2, -0.15) is 0 Å². The Morgan fingerprint density at radius 3 is 3.00 bits per heavy atom. The van der Waals surface area contributed by atoms with Gasteiger partial charge in [0.05, 0.1) is 5.69 Å². The number of pyridine rings is 1. The number of carbonyl (C=O) groups excluding carboxylic acids is 1. The molecule has 0 aliphatic heterocycles. The molecular weight excluding hydrogens is 278 g/mol. The first-order valence-electron chi connectivity index (χ1n) is 8.10. The second kappa shape index (κ2) is 7.58. The maximum absolute atomic E-state index is 11.5. The molecule has 0 bridgehead atoms. The van der Waals surface area contributed by atoms with Crippen LogP contribution < -0.4 is 10.6 Å². The number of hydrogen-bond acceptors (Lipinski definition) is 4. The molecular formula is C17H27N3O2. The number of rotatable bonds is 5. The molecule has 1 aromatic rings. The van der Waals surface area contributed by atoms with Crippen LogP contribution in [-0.2, 0) is 11.2 Å². The average molecular weight is 305 g/mol. The fourth-order valence-electron chi connectivity index (χ4n) is 2.68. The van der Waals surface area contributed by atoms with Gasteiger partial charge in [0, 0.05) is 18.8 Å². The zero-order chi connectivity index (χ0) is 16.0. The number of hydrogen-bond donors (Lipinski definition) is 2. The van der Waals surface area contributed by atoms with Crippen molar-refractivity contribution in [2.45, 2.75) is 58.1 Å². The average Bonchev–Trinajstić information content (AvgIpc) is 2.45. The molecule has 1 aromatic heterocycles. The molecule has 0 saturated heterocycles. The van der Waals surface area contributed by atoms with Crippen molar-refractivity contribution in [1.29, 1.82) is 0 Å². The standard InChI is InChI=1S/C17H27N3O2/c1-17(2,3)22-16(21)20-12-6-11-18-14-9-4-7-13-8-5-10-19-15(13)14/h5,8,10,14,18H,4,6-7,9,11-12H2,1-3H3,(H,20,21). The monoisotopic (exact) mass is 305 g/mol. The summed E-state index contributed by atoms with van der Waals surface area (Å²) in [7, 11) is 0. The minimum absolute atomic E-state index is 0.339. The van der Waals surface area contributed by atoms with Crippen LogP contribution >= 0.6 is 0 Å². The van der Waals surface area contributed by atoms with Crippen molar-refractivity contribution in [2.75, 3.05) is 13.1 Å². The van der Waals surface area contributed by atoms with Gasteiger partial charge in [-0.25, -0.2) is 4.79 Å². The van der Waals surface area contributed by atoms with Crippen LogP contribution in [0, 0.1) is 0 Å².